The SMILES string of the molecule is Cc1nc(CNc2c(N)c(C(C)C)nn2C)cs1. The van der Waals surface area contributed by atoms with Crippen LogP contribution < -0.4 is 11.1 Å². The molecule has 6 heteroatoms. The first-order chi connectivity index (χ1) is 8.49. The third kappa shape index (κ3) is 2.48. The number of nitrogens with zero attached hydrogens (tertiary/aromatic N) is 3. The molecule has 0 bridgehead atoms. The van der Waals surface area contributed by atoms with Crippen molar-refractivity contribution in [3.05, 3.63) is 21.8 Å². The first-order valence-electron chi connectivity index (χ1n) is 5.96. The van der Waals surface area contributed by atoms with Gasteiger partial charge in [-0.25, -0.2) is 4.98 Å². The molecule has 0 radical (unpaired) electrons. The van der Waals surface area contributed by atoms with Crippen LogP contribution in [0.1, 0.15) is 36.2 Å². The van der Waals surface area contributed by atoms with E-state index in [0.29, 0.717) is 12.5 Å². The van der Waals surface area contributed by atoms with Crippen molar-refractivity contribution in [1.82, 2.24) is 14.8 Å². The van der Waals surface area contributed by atoms with Gasteiger partial charge in [0.05, 0.1) is 28.6 Å². The molecule has 0 aliphatic carbocycles. The summed E-state index contributed by atoms with van der Waals surface area (Å²) in [5.41, 5.74) is 8.82. The smallest absolute Gasteiger partial charge is 0.148 e. The zero-order chi connectivity index (χ0) is 13.3. The number of rotatable bonds is 4. The number of nitrogens with two attached hydrogens (primary N) is 1. The maximum absolute atomic E-state index is 6.11. The summed E-state index contributed by atoms with van der Waals surface area (Å²) in [6, 6.07) is 0. The van der Waals surface area contributed by atoms with E-state index in [2.05, 4.69) is 34.6 Å². The fourth-order valence-electron chi connectivity index (χ4n) is 1.86. The van der Waals surface area contributed by atoms with Gasteiger partial charge < -0.3 is 11.1 Å². The topological polar surface area (TPSA) is 68.8 Å². The number of nitrogens with one attached hydrogen (secondary N) is 1. The monoisotopic (exact) mass is 265 g/mol. The van der Waals surface area contributed by atoms with Crippen LogP contribution in [0.15, 0.2) is 5.38 Å². The summed E-state index contributed by atoms with van der Waals surface area (Å²) in [5, 5.41) is 10.9. The number of hydrogen-bond donors (Lipinski definition) is 2. The number of thiazole rings is 1. The van der Waals surface area contributed by atoms with Gasteiger partial charge in [-0.2, -0.15) is 5.10 Å². The number of aryl methyl sites for hydroxylation is 2. The molecular weight excluding hydrogens is 246 g/mol. The van der Waals surface area contributed by atoms with E-state index in [4.69, 9.17) is 5.73 Å². The second kappa shape index (κ2) is 4.97. The molecule has 0 saturated carbocycles. The molecular formula is C12H19N5S. The highest BCUT2D eigenvalue weighted by Crippen LogP contribution is 2.28. The quantitative estimate of drug-likeness (QED) is 0.891. The van der Waals surface area contributed by atoms with Crippen molar-refractivity contribution in [1.29, 1.82) is 0 Å². The minimum Gasteiger partial charge on any atom is -0.394 e. The van der Waals surface area contributed by atoms with E-state index in [1.54, 1.807) is 16.0 Å². The van der Waals surface area contributed by atoms with Gasteiger partial charge in [-0.1, -0.05) is 13.8 Å². The zero-order valence-electron chi connectivity index (χ0n) is 11.2. The summed E-state index contributed by atoms with van der Waals surface area (Å²) in [5.74, 6) is 1.19. The molecule has 0 unspecified atom stereocenters. The Morgan fingerprint density at radius 1 is 1.50 bits per heavy atom. The molecule has 0 fully saturated rings. The Labute approximate surface area is 111 Å². The third-order valence-electron chi connectivity index (χ3n) is 2.76. The summed E-state index contributed by atoms with van der Waals surface area (Å²) in [7, 11) is 1.90. The van der Waals surface area contributed by atoms with Gasteiger partial charge in [-0.3, -0.25) is 4.68 Å². The van der Waals surface area contributed by atoms with Crippen molar-refractivity contribution < 1.29 is 0 Å². The van der Waals surface area contributed by atoms with E-state index in [-0.39, 0.29) is 0 Å². The average Bonchev–Trinajstić information content (AvgIpc) is 2.82. The van der Waals surface area contributed by atoms with Crippen molar-refractivity contribution in [3.63, 3.8) is 0 Å². The predicted octanol–water partition coefficient (Wildman–Crippen LogP) is 2.50. The van der Waals surface area contributed by atoms with Crippen LogP contribution >= 0.6 is 11.3 Å². The van der Waals surface area contributed by atoms with E-state index < -0.39 is 0 Å². The molecule has 0 spiro atoms. The van der Waals surface area contributed by atoms with Gasteiger partial charge in [0.25, 0.3) is 0 Å². The second-order valence-corrected chi connectivity index (χ2v) is 5.70. The predicted molar refractivity (Wildman–Crippen MR) is 75.9 cm³/mol. The van der Waals surface area contributed by atoms with Crippen molar-refractivity contribution in [2.24, 2.45) is 7.05 Å². The van der Waals surface area contributed by atoms with Crippen LogP contribution in [-0.4, -0.2) is 14.8 Å². The van der Waals surface area contributed by atoms with Gasteiger partial charge >= 0.3 is 0 Å². The normalized spacial score (nSPS) is 11.2. The Balaban J connectivity index is 2.14. The van der Waals surface area contributed by atoms with E-state index in [9.17, 15) is 0 Å². The lowest BCUT2D eigenvalue weighted by Crippen LogP contribution is -2.06. The molecule has 5 nitrogen and oxygen atoms in total. The highest BCUT2D eigenvalue weighted by Gasteiger charge is 2.15. The van der Waals surface area contributed by atoms with Gasteiger partial charge in [0.15, 0.2) is 0 Å². The maximum atomic E-state index is 6.11. The fourth-order valence-corrected chi connectivity index (χ4v) is 2.47. The Hall–Kier alpha value is -1.56. The largest absolute Gasteiger partial charge is 0.394 e. The summed E-state index contributed by atoms with van der Waals surface area (Å²) in [6.07, 6.45) is 0. The summed E-state index contributed by atoms with van der Waals surface area (Å²) in [4.78, 5) is 4.41. The highest BCUT2D eigenvalue weighted by atomic mass is 32.1. The number of nitrogen functional groups attached to an aromatic ring is 1. The molecule has 2 heterocycles. The van der Waals surface area contributed by atoms with Crippen LogP contribution in [0.2, 0.25) is 0 Å². The number of hydrogen-bond acceptors (Lipinski definition) is 5. The van der Waals surface area contributed by atoms with Gasteiger partial charge in [-0.15, -0.1) is 11.3 Å². The molecule has 0 aliphatic heterocycles. The van der Waals surface area contributed by atoms with Gasteiger partial charge in [0, 0.05) is 12.4 Å². The van der Waals surface area contributed by atoms with Crippen molar-refractivity contribution in [2.45, 2.75) is 33.2 Å². The Kier molecular flexibility index (Phi) is 3.56. The minimum absolute atomic E-state index is 0.327. The standard InChI is InChI=1S/C12H19N5S/c1-7(2)11-10(13)12(17(4)16-11)14-5-9-6-18-8(3)15-9/h6-7,14H,5,13H2,1-4H3. The van der Waals surface area contributed by atoms with E-state index in [0.717, 1.165) is 27.9 Å². The Morgan fingerprint density at radius 2 is 2.22 bits per heavy atom. The average molecular weight is 265 g/mol. The Morgan fingerprint density at radius 3 is 2.72 bits per heavy atom. The lowest BCUT2D eigenvalue weighted by Gasteiger charge is -2.06. The second-order valence-electron chi connectivity index (χ2n) is 4.64. The third-order valence-corrected chi connectivity index (χ3v) is 3.59. The van der Waals surface area contributed by atoms with Crippen LogP contribution in [0.25, 0.3) is 0 Å². The molecule has 2 rings (SSSR count). The molecule has 0 aliphatic rings. The lowest BCUT2D eigenvalue weighted by molar-refractivity contribution is 0.714. The van der Waals surface area contributed by atoms with Gasteiger partial charge in [0.1, 0.15) is 5.82 Å². The first-order valence-corrected chi connectivity index (χ1v) is 6.84. The molecule has 3 N–H and O–H groups in total. The molecule has 2 aromatic heterocycles. The van der Waals surface area contributed by atoms with Crippen molar-refractivity contribution >= 4 is 22.8 Å². The van der Waals surface area contributed by atoms with Crippen LogP contribution in [0.4, 0.5) is 11.5 Å². The van der Waals surface area contributed by atoms with E-state index in [1.165, 1.54) is 0 Å². The van der Waals surface area contributed by atoms with Crippen LogP contribution in [0.3, 0.4) is 0 Å². The molecule has 0 saturated heterocycles. The molecule has 98 valence electrons. The van der Waals surface area contributed by atoms with Crippen molar-refractivity contribution in [2.75, 3.05) is 11.1 Å². The summed E-state index contributed by atoms with van der Waals surface area (Å²) < 4.78 is 1.80. The van der Waals surface area contributed by atoms with E-state index >= 15 is 0 Å². The number of anilines is 2. The lowest BCUT2D eigenvalue weighted by atomic mass is 10.1. The first kappa shape index (κ1) is 12.9. The van der Waals surface area contributed by atoms with Crippen LogP contribution in [0.5, 0.6) is 0 Å². The van der Waals surface area contributed by atoms with Crippen LogP contribution in [-0.2, 0) is 13.6 Å². The molecule has 0 atom stereocenters. The highest BCUT2D eigenvalue weighted by molar-refractivity contribution is 7.09. The van der Waals surface area contributed by atoms with Gasteiger partial charge in [-0.05, 0) is 12.8 Å². The maximum Gasteiger partial charge on any atom is 0.148 e. The zero-order valence-corrected chi connectivity index (χ0v) is 12.0. The van der Waals surface area contributed by atoms with Crippen molar-refractivity contribution in [3.8, 4) is 0 Å². The number of aromatic nitrogens is 3. The molecule has 18 heavy (non-hydrogen) atoms. The van der Waals surface area contributed by atoms with Gasteiger partial charge in [0.2, 0.25) is 0 Å². The summed E-state index contributed by atoms with van der Waals surface area (Å²) >= 11 is 1.65. The fraction of sp³-hybridized carbons (Fsp3) is 0.500. The Bertz CT molecular complexity index is 541. The van der Waals surface area contributed by atoms with Crippen LogP contribution in [0, 0.1) is 6.92 Å². The summed E-state index contributed by atoms with van der Waals surface area (Å²) in [6.45, 7) is 6.85. The molecule has 2 aromatic rings. The molecule has 0 amide bonds. The molecule has 0 aromatic carbocycles. The minimum atomic E-state index is 0.327. The van der Waals surface area contributed by atoms with E-state index in [1.807, 2.05) is 14.0 Å².